The molecule has 0 bridgehead atoms. The van der Waals surface area contributed by atoms with Crippen LogP contribution in [0.5, 0.6) is 0 Å². The number of rotatable bonds is 3. The van der Waals surface area contributed by atoms with Crippen molar-refractivity contribution in [1.29, 1.82) is 0 Å². The molecule has 86 valence electrons. The first-order valence-corrected chi connectivity index (χ1v) is 5.25. The van der Waals surface area contributed by atoms with Gasteiger partial charge in [-0.1, -0.05) is 0 Å². The van der Waals surface area contributed by atoms with Gasteiger partial charge in [-0.2, -0.15) is 0 Å². The van der Waals surface area contributed by atoms with Crippen LogP contribution in [0.2, 0.25) is 0 Å². The summed E-state index contributed by atoms with van der Waals surface area (Å²) in [5.41, 5.74) is 0. The van der Waals surface area contributed by atoms with Gasteiger partial charge in [-0.3, -0.25) is 4.79 Å². The lowest BCUT2D eigenvalue weighted by Gasteiger charge is -2.28. The van der Waals surface area contributed by atoms with Crippen LogP contribution in [0.1, 0.15) is 12.8 Å². The lowest BCUT2D eigenvalue weighted by Crippen LogP contribution is -2.46. The smallest absolute Gasteiger partial charge is 0.407 e. The molecule has 0 saturated carbocycles. The molecule has 1 amide bonds. The van der Waals surface area contributed by atoms with E-state index in [4.69, 9.17) is 4.74 Å². The average molecular weight is 233 g/mol. The molecule has 0 aliphatic carbocycles. The van der Waals surface area contributed by atoms with Crippen molar-refractivity contribution < 1.29 is 19.1 Å². The Morgan fingerprint density at radius 2 is 2.07 bits per heavy atom. The summed E-state index contributed by atoms with van der Waals surface area (Å²) in [5, 5.41) is 2.15. The zero-order valence-corrected chi connectivity index (χ0v) is 9.46. The number of hydrogen-bond donors (Lipinski definition) is 2. The Morgan fingerprint density at radius 3 is 2.53 bits per heavy atom. The van der Waals surface area contributed by atoms with Crippen LogP contribution in [0.4, 0.5) is 4.79 Å². The summed E-state index contributed by atoms with van der Waals surface area (Å²) < 4.78 is 9.63. The fourth-order valence-electron chi connectivity index (χ4n) is 1.62. The third-order valence-corrected chi connectivity index (χ3v) is 2.74. The summed E-state index contributed by atoms with van der Waals surface area (Å²) in [7, 11) is 1.26. The molecule has 5 nitrogen and oxygen atoms in total. The summed E-state index contributed by atoms with van der Waals surface area (Å²) in [5.74, 6) is 0.0860. The average Bonchev–Trinajstić information content (AvgIpc) is 2.26. The van der Waals surface area contributed by atoms with Crippen LogP contribution in [0.25, 0.3) is 0 Å². The van der Waals surface area contributed by atoms with Crippen molar-refractivity contribution in [3.8, 4) is 0 Å². The SMILES string of the molecule is COC(=O)N[C@@H](C(=O)S)C1CCOCC1. The van der Waals surface area contributed by atoms with Gasteiger partial charge in [0.25, 0.3) is 0 Å². The molecular formula is C9H15NO4S. The number of alkyl carbamates (subject to hydrolysis) is 1. The van der Waals surface area contributed by atoms with Crippen LogP contribution in [-0.2, 0) is 14.3 Å². The lowest BCUT2D eigenvalue weighted by atomic mass is 9.92. The summed E-state index contributed by atoms with van der Waals surface area (Å²) in [6.07, 6.45) is 0.899. The highest BCUT2D eigenvalue weighted by Crippen LogP contribution is 2.20. The number of methoxy groups -OCH3 is 1. The lowest BCUT2D eigenvalue weighted by molar-refractivity contribution is -0.114. The second-order valence-corrected chi connectivity index (χ2v) is 3.84. The van der Waals surface area contributed by atoms with Crippen LogP contribution in [0.3, 0.4) is 0 Å². The van der Waals surface area contributed by atoms with E-state index in [2.05, 4.69) is 22.7 Å². The fraction of sp³-hybridized carbons (Fsp3) is 0.778. The van der Waals surface area contributed by atoms with Crippen molar-refractivity contribution in [1.82, 2.24) is 5.32 Å². The molecule has 6 heteroatoms. The largest absolute Gasteiger partial charge is 0.453 e. The molecule has 1 rings (SSSR count). The van der Waals surface area contributed by atoms with E-state index >= 15 is 0 Å². The highest BCUT2D eigenvalue weighted by atomic mass is 32.1. The predicted molar refractivity (Wildman–Crippen MR) is 56.9 cm³/mol. The Bertz CT molecular complexity index is 240. The first kappa shape index (κ1) is 12.3. The van der Waals surface area contributed by atoms with Crippen LogP contribution < -0.4 is 5.32 Å². The molecule has 1 aliphatic rings. The number of thiol groups is 1. The molecule has 1 atom stereocenters. The molecule has 1 aliphatic heterocycles. The molecule has 1 heterocycles. The second kappa shape index (κ2) is 5.97. The Kier molecular flexibility index (Phi) is 4.90. The topological polar surface area (TPSA) is 64.6 Å². The zero-order valence-electron chi connectivity index (χ0n) is 8.56. The van der Waals surface area contributed by atoms with Crippen molar-refractivity contribution in [2.24, 2.45) is 5.92 Å². The van der Waals surface area contributed by atoms with Crippen molar-refractivity contribution in [3.63, 3.8) is 0 Å². The molecule has 0 unspecified atom stereocenters. The Labute approximate surface area is 93.9 Å². The van der Waals surface area contributed by atoms with E-state index in [-0.39, 0.29) is 11.0 Å². The van der Waals surface area contributed by atoms with Crippen LogP contribution in [-0.4, -0.2) is 37.6 Å². The van der Waals surface area contributed by atoms with Gasteiger partial charge in [0.15, 0.2) is 0 Å². The van der Waals surface area contributed by atoms with Gasteiger partial charge in [-0.05, 0) is 18.8 Å². The number of carbonyl (C=O) groups excluding carboxylic acids is 2. The maximum Gasteiger partial charge on any atom is 0.407 e. The molecule has 1 N–H and O–H groups in total. The molecule has 1 fully saturated rings. The van der Waals surface area contributed by atoms with Crippen molar-refractivity contribution >= 4 is 23.8 Å². The Balaban J connectivity index is 2.55. The maximum absolute atomic E-state index is 11.2. The molecular weight excluding hydrogens is 218 g/mol. The minimum absolute atomic E-state index is 0.0860. The normalized spacial score (nSPS) is 19.3. The standard InChI is InChI=1S/C9H15NO4S/c1-13-9(12)10-7(8(11)15)6-2-4-14-5-3-6/h6-7H,2-5H2,1H3,(H,10,12)(H,11,15)/t7-/m1/s1. The predicted octanol–water partition coefficient (Wildman–Crippen LogP) is 0.594. The van der Waals surface area contributed by atoms with Crippen molar-refractivity contribution in [3.05, 3.63) is 0 Å². The Morgan fingerprint density at radius 1 is 1.47 bits per heavy atom. The van der Waals surface area contributed by atoms with Crippen molar-refractivity contribution in [2.45, 2.75) is 18.9 Å². The third-order valence-electron chi connectivity index (χ3n) is 2.46. The molecule has 0 aromatic rings. The maximum atomic E-state index is 11.2. The molecule has 0 aromatic carbocycles. The van der Waals surface area contributed by atoms with E-state index in [9.17, 15) is 9.59 Å². The minimum Gasteiger partial charge on any atom is -0.453 e. The van der Waals surface area contributed by atoms with Gasteiger partial charge in [0.2, 0.25) is 5.12 Å². The number of hydrogen-bond acceptors (Lipinski definition) is 4. The summed E-state index contributed by atoms with van der Waals surface area (Å²) in [6, 6.07) is -0.579. The molecule has 1 saturated heterocycles. The summed E-state index contributed by atoms with van der Waals surface area (Å²) in [6.45, 7) is 1.23. The van der Waals surface area contributed by atoms with E-state index in [0.717, 1.165) is 12.8 Å². The highest BCUT2D eigenvalue weighted by Gasteiger charge is 2.29. The number of ether oxygens (including phenoxy) is 2. The van der Waals surface area contributed by atoms with Crippen LogP contribution in [0, 0.1) is 5.92 Å². The number of carbonyl (C=O) groups is 2. The van der Waals surface area contributed by atoms with Crippen molar-refractivity contribution in [2.75, 3.05) is 20.3 Å². The van der Waals surface area contributed by atoms with Crippen LogP contribution >= 0.6 is 12.6 Å². The Hall–Kier alpha value is -0.750. The summed E-state index contributed by atoms with van der Waals surface area (Å²) >= 11 is 3.77. The summed E-state index contributed by atoms with van der Waals surface area (Å²) in [4.78, 5) is 22.3. The minimum atomic E-state index is -0.603. The first-order chi connectivity index (χ1) is 7.15. The fourth-order valence-corrected chi connectivity index (χ4v) is 1.89. The van der Waals surface area contributed by atoms with Gasteiger partial charge in [0.1, 0.15) is 6.04 Å². The third kappa shape index (κ3) is 3.71. The van der Waals surface area contributed by atoms with Gasteiger partial charge in [0, 0.05) is 13.2 Å². The molecule has 15 heavy (non-hydrogen) atoms. The molecule has 0 spiro atoms. The first-order valence-electron chi connectivity index (χ1n) is 4.80. The van der Waals surface area contributed by atoms with Gasteiger partial charge < -0.3 is 14.8 Å². The van der Waals surface area contributed by atoms with E-state index in [1.165, 1.54) is 7.11 Å². The van der Waals surface area contributed by atoms with Gasteiger partial charge >= 0.3 is 6.09 Å². The number of nitrogens with one attached hydrogen (secondary N) is 1. The van der Waals surface area contributed by atoms with Gasteiger partial charge in [0.05, 0.1) is 7.11 Å². The van der Waals surface area contributed by atoms with E-state index in [1.54, 1.807) is 0 Å². The highest BCUT2D eigenvalue weighted by molar-refractivity contribution is 7.96. The zero-order chi connectivity index (χ0) is 11.3. The second-order valence-electron chi connectivity index (χ2n) is 3.40. The molecule has 0 aromatic heterocycles. The van der Waals surface area contributed by atoms with E-state index in [1.807, 2.05) is 0 Å². The van der Waals surface area contributed by atoms with Gasteiger partial charge in [-0.15, -0.1) is 12.6 Å². The van der Waals surface area contributed by atoms with E-state index < -0.39 is 12.1 Å². The van der Waals surface area contributed by atoms with Crippen LogP contribution in [0.15, 0.2) is 0 Å². The molecule has 0 radical (unpaired) electrons. The monoisotopic (exact) mass is 233 g/mol. The quantitative estimate of drug-likeness (QED) is 0.700. The van der Waals surface area contributed by atoms with E-state index in [0.29, 0.717) is 13.2 Å². The van der Waals surface area contributed by atoms with Gasteiger partial charge in [-0.25, -0.2) is 4.79 Å². The number of amides is 1.